The maximum atomic E-state index is 16.8. The van der Waals surface area contributed by atoms with E-state index in [1.807, 2.05) is 4.90 Å². The van der Waals surface area contributed by atoms with Crippen LogP contribution in [0.4, 0.5) is 23.4 Å². The number of alkyl halides is 1. The predicted octanol–water partition coefficient (Wildman–Crippen LogP) is 4.23. The van der Waals surface area contributed by atoms with Crippen molar-refractivity contribution in [2.75, 3.05) is 51.4 Å². The number of primary amides is 1. The summed E-state index contributed by atoms with van der Waals surface area (Å²) in [5.74, 6) is -4.63. The fourth-order valence-electron chi connectivity index (χ4n) is 7.18. The van der Waals surface area contributed by atoms with E-state index in [0.717, 1.165) is 25.1 Å². The molecule has 0 spiro atoms. The van der Waals surface area contributed by atoms with Crippen LogP contribution in [0.3, 0.4) is 0 Å². The fraction of sp³-hybridized carbons (Fsp3) is 0.406. The Labute approximate surface area is 260 Å². The third-order valence-electron chi connectivity index (χ3n) is 9.24. The number of hydrogen-bond donors (Lipinski definition) is 2. The van der Waals surface area contributed by atoms with Gasteiger partial charge in [0.25, 0.3) is 0 Å². The Hall–Kier alpha value is -4.43. The highest BCUT2D eigenvalue weighted by atomic mass is 19.1. The summed E-state index contributed by atoms with van der Waals surface area (Å²) in [6.45, 7) is 1.19. The van der Waals surface area contributed by atoms with Crippen LogP contribution in [0.1, 0.15) is 19.3 Å². The van der Waals surface area contributed by atoms with Gasteiger partial charge in [-0.25, -0.2) is 17.6 Å². The zero-order valence-electron chi connectivity index (χ0n) is 24.9. The lowest BCUT2D eigenvalue weighted by Gasteiger charge is -2.33. The molecule has 3 aliphatic rings. The molecule has 242 valence electrons. The van der Waals surface area contributed by atoms with Gasteiger partial charge in [-0.1, -0.05) is 12.1 Å². The molecule has 1 amide bonds. The number of fused-ring (bicyclic) bond motifs is 3. The summed E-state index contributed by atoms with van der Waals surface area (Å²) in [5, 5.41) is 10.4. The van der Waals surface area contributed by atoms with E-state index >= 15 is 13.2 Å². The van der Waals surface area contributed by atoms with Crippen molar-refractivity contribution in [1.29, 1.82) is 0 Å². The number of phenols is 1. The standard InChI is InChI=1S/C32H31F4N5O5/c1-44-28-24-27(25(35)23(26(28)36)19-11-18(42)10-16-4-2-5-20(34)22(16)19)38-31(39-30(24)40-8-9-45-21(14-40)29(37)43)46-15-32-6-3-7-41(32)13-17(33)12-32/h2,4-5,10-11,17,21,42H,3,6-9,12-15H2,1H3,(H2,37,43)/t17-,21?,32+/m1/s1. The highest BCUT2D eigenvalue weighted by molar-refractivity contribution is 6.04. The first-order chi connectivity index (χ1) is 22.1. The van der Waals surface area contributed by atoms with Gasteiger partial charge in [0.2, 0.25) is 5.91 Å². The summed E-state index contributed by atoms with van der Waals surface area (Å²) in [6.07, 6.45) is -0.210. The monoisotopic (exact) mass is 641 g/mol. The minimum absolute atomic E-state index is 0.00161. The molecule has 0 saturated carbocycles. The largest absolute Gasteiger partial charge is 0.508 e. The van der Waals surface area contributed by atoms with Gasteiger partial charge in [-0.2, -0.15) is 9.97 Å². The van der Waals surface area contributed by atoms with Crippen LogP contribution in [0.25, 0.3) is 32.8 Å². The van der Waals surface area contributed by atoms with Gasteiger partial charge >= 0.3 is 6.01 Å². The van der Waals surface area contributed by atoms with E-state index in [-0.39, 0.29) is 72.0 Å². The molecule has 3 aromatic carbocycles. The number of amides is 1. The summed E-state index contributed by atoms with van der Waals surface area (Å²) in [4.78, 5) is 24.5. The number of aromatic nitrogens is 2. The Balaban J connectivity index is 1.44. The van der Waals surface area contributed by atoms with E-state index in [0.29, 0.717) is 13.0 Å². The Morgan fingerprint density at radius 3 is 2.76 bits per heavy atom. The first-order valence-corrected chi connectivity index (χ1v) is 15.0. The number of halogens is 4. The Morgan fingerprint density at radius 2 is 1.98 bits per heavy atom. The number of carbonyl (C=O) groups is 1. The van der Waals surface area contributed by atoms with Crippen LogP contribution in [-0.4, -0.2) is 90.2 Å². The minimum Gasteiger partial charge on any atom is -0.508 e. The van der Waals surface area contributed by atoms with E-state index in [1.54, 1.807) is 4.90 Å². The second-order valence-electron chi connectivity index (χ2n) is 12.0. The van der Waals surface area contributed by atoms with Gasteiger partial charge in [0.05, 0.1) is 36.8 Å². The van der Waals surface area contributed by atoms with E-state index in [4.69, 9.17) is 19.9 Å². The van der Waals surface area contributed by atoms with E-state index in [2.05, 4.69) is 9.97 Å². The molecule has 0 aliphatic carbocycles. The summed E-state index contributed by atoms with van der Waals surface area (Å²) in [6, 6.07) is 6.16. The molecule has 0 bridgehead atoms. The van der Waals surface area contributed by atoms with Crippen molar-refractivity contribution in [3.05, 3.63) is 47.8 Å². The third kappa shape index (κ3) is 4.90. The Kier molecular flexibility index (Phi) is 7.51. The van der Waals surface area contributed by atoms with Gasteiger partial charge in [-0.3, -0.25) is 9.69 Å². The topological polar surface area (TPSA) is 123 Å². The molecule has 3 fully saturated rings. The van der Waals surface area contributed by atoms with Crippen molar-refractivity contribution in [2.24, 2.45) is 5.73 Å². The minimum atomic E-state index is -1.18. The van der Waals surface area contributed by atoms with Crippen LogP contribution >= 0.6 is 0 Å². The number of rotatable bonds is 7. The molecule has 1 aromatic heterocycles. The summed E-state index contributed by atoms with van der Waals surface area (Å²) < 4.78 is 80.0. The number of hydrogen-bond acceptors (Lipinski definition) is 9. The van der Waals surface area contributed by atoms with Crippen molar-refractivity contribution in [3.8, 4) is 28.6 Å². The molecule has 3 saturated heterocycles. The van der Waals surface area contributed by atoms with Crippen molar-refractivity contribution in [3.63, 3.8) is 0 Å². The fourth-order valence-corrected chi connectivity index (χ4v) is 7.18. The number of anilines is 1. The van der Waals surface area contributed by atoms with Crippen LogP contribution in [-0.2, 0) is 9.53 Å². The molecule has 4 heterocycles. The molecular formula is C32H31F4N5O5. The first kappa shape index (κ1) is 30.2. The number of aromatic hydroxyl groups is 1. The van der Waals surface area contributed by atoms with Crippen LogP contribution in [0.5, 0.6) is 17.5 Å². The smallest absolute Gasteiger partial charge is 0.319 e. The predicted molar refractivity (Wildman–Crippen MR) is 160 cm³/mol. The molecule has 4 aromatic rings. The Bertz CT molecular complexity index is 1880. The lowest BCUT2D eigenvalue weighted by atomic mass is 9.94. The van der Waals surface area contributed by atoms with E-state index in [1.165, 1.54) is 25.3 Å². The molecule has 3 aliphatic heterocycles. The van der Waals surface area contributed by atoms with Gasteiger partial charge in [0.15, 0.2) is 23.5 Å². The van der Waals surface area contributed by atoms with Crippen LogP contribution < -0.4 is 20.1 Å². The van der Waals surface area contributed by atoms with Crippen molar-refractivity contribution in [2.45, 2.75) is 37.1 Å². The average Bonchev–Trinajstić information content (AvgIpc) is 3.55. The molecule has 0 radical (unpaired) electrons. The maximum Gasteiger partial charge on any atom is 0.319 e. The number of nitrogens with two attached hydrogens (primary N) is 1. The normalized spacial score (nSPS) is 23.3. The molecule has 7 rings (SSSR count). The SMILES string of the molecule is COc1c(F)c(-c2cc(O)cc3cccc(F)c23)c(F)c2nc(OC[C@@]34CCCN3C[C@H](F)C4)nc(N3CCOC(C(N)=O)C3)c12. The van der Waals surface area contributed by atoms with Gasteiger partial charge < -0.3 is 30.0 Å². The van der Waals surface area contributed by atoms with Gasteiger partial charge in [0, 0.05) is 30.5 Å². The van der Waals surface area contributed by atoms with E-state index < -0.39 is 58.0 Å². The van der Waals surface area contributed by atoms with Crippen molar-refractivity contribution < 1.29 is 41.7 Å². The molecule has 10 nitrogen and oxygen atoms in total. The number of carbonyl (C=O) groups excluding carboxylic acids is 1. The summed E-state index contributed by atoms with van der Waals surface area (Å²) in [7, 11) is 1.18. The van der Waals surface area contributed by atoms with E-state index in [9.17, 15) is 14.3 Å². The Morgan fingerprint density at radius 1 is 1.15 bits per heavy atom. The average molecular weight is 642 g/mol. The quantitative estimate of drug-likeness (QED) is 0.286. The second kappa shape index (κ2) is 11.4. The zero-order valence-corrected chi connectivity index (χ0v) is 24.9. The van der Waals surface area contributed by atoms with Crippen LogP contribution in [0.2, 0.25) is 0 Å². The van der Waals surface area contributed by atoms with Crippen LogP contribution in [0.15, 0.2) is 30.3 Å². The van der Waals surface area contributed by atoms with Crippen molar-refractivity contribution in [1.82, 2.24) is 14.9 Å². The molecule has 3 atom stereocenters. The number of phenolic OH excluding ortho intramolecular Hbond substituents is 1. The lowest BCUT2D eigenvalue weighted by Crippen LogP contribution is -2.48. The second-order valence-corrected chi connectivity index (χ2v) is 12.0. The number of nitrogens with zero attached hydrogens (tertiary/aromatic N) is 4. The lowest BCUT2D eigenvalue weighted by molar-refractivity contribution is -0.130. The third-order valence-corrected chi connectivity index (χ3v) is 9.24. The molecule has 1 unspecified atom stereocenters. The van der Waals surface area contributed by atoms with Gasteiger partial charge in [-0.05, 0) is 43.0 Å². The molecule has 46 heavy (non-hydrogen) atoms. The molecule has 3 N–H and O–H groups in total. The van der Waals surface area contributed by atoms with Crippen molar-refractivity contribution >= 4 is 33.4 Å². The number of benzene rings is 3. The molecule has 14 heteroatoms. The maximum absolute atomic E-state index is 16.8. The number of ether oxygens (including phenoxy) is 3. The molecular weight excluding hydrogens is 610 g/mol. The number of methoxy groups -OCH3 is 1. The van der Waals surface area contributed by atoms with Gasteiger partial charge in [0.1, 0.15) is 35.7 Å². The van der Waals surface area contributed by atoms with Crippen LogP contribution in [0, 0.1) is 17.5 Å². The first-order valence-electron chi connectivity index (χ1n) is 15.0. The highest BCUT2D eigenvalue weighted by Crippen LogP contribution is 2.46. The summed E-state index contributed by atoms with van der Waals surface area (Å²) >= 11 is 0. The summed E-state index contributed by atoms with van der Waals surface area (Å²) in [5.41, 5.74) is 3.59. The zero-order chi connectivity index (χ0) is 32.3. The van der Waals surface area contributed by atoms with Gasteiger partial charge in [-0.15, -0.1) is 0 Å². The highest BCUT2D eigenvalue weighted by Gasteiger charge is 2.49. The number of morpholine rings is 1.